The van der Waals surface area contributed by atoms with Crippen molar-refractivity contribution in [1.29, 1.82) is 0 Å². The van der Waals surface area contributed by atoms with E-state index in [1.807, 2.05) is 20.8 Å². The Kier molecular flexibility index (Phi) is 9.52. The van der Waals surface area contributed by atoms with Crippen LogP contribution in [0.25, 0.3) is 0 Å². The first-order valence-corrected chi connectivity index (χ1v) is 12.7. The van der Waals surface area contributed by atoms with Crippen molar-refractivity contribution in [3.63, 3.8) is 0 Å². The molecule has 0 radical (unpaired) electrons. The predicted octanol–water partition coefficient (Wildman–Crippen LogP) is 4.78. The number of rotatable bonds is 9. The van der Waals surface area contributed by atoms with Crippen LogP contribution >= 0.6 is 30.3 Å². The second kappa shape index (κ2) is 10.6. The van der Waals surface area contributed by atoms with Crippen LogP contribution in [0.15, 0.2) is 29.2 Å². The fourth-order valence-electron chi connectivity index (χ4n) is 1.71. The molecule has 0 saturated carbocycles. The summed E-state index contributed by atoms with van der Waals surface area (Å²) < 4.78 is 30.0. The van der Waals surface area contributed by atoms with Gasteiger partial charge in [0.25, 0.3) is 0 Å². The summed E-state index contributed by atoms with van der Waals surface area (Å²) in [6.45, 7) is 4.95. The minimum atomic E-state index is -3.10. The van der Waals surface area contributed by atoms with Crippen LogP contribution < -0.4 is 10.4 Å². The third-order valence-corrected chi connectivity index (χ3v) is 9.31. The van der Waals surface area contributed by atoms with Crippen molar-refractivity contribution >= 4 is 51.9 Å². The quantitative estimate of drug-likeness (QED) is 0.450. The Labute approximate surface area is 156 Å². The van der Waals surface area contributed by atoms with Crippen LogP contribution in [0.1, 0.15) is 34.1 Å². The molecule has 3 atom stereocenters. The summed E-state index contributed by atoms with van der Waals surface area (Å²) in [4.78, 5) is 0.772. The highest BCUT2D eigenvalue weighted by atomic mass is 32.7. The maximum absolute atomic E-state index is 12.8. The molecule has 24 heavy (non-hydrogen) atoms. The average molecular weight is 409 g/mol. The Morgan fingerprint density at radius 1 is 1.33 bits per heavy atom. The van der Waals surface area contributed by atoms with Crippen molar-refractivity contribution in [2.24, 2.45) is 0 Å². The Bertz CT molecular complexity index is 610. The largest absolute Gasteiger partial charge is 0.353 e. The zero-order valence-corrected chi connectivity index (χ0v) is 17.7. The van der Waals surface area contributed by atoms with Gasteiger partial charge in [-0.15, -0.1) is 0 Å². The number of nitrogens with one attached hydrogen (secondary N) is 2. The highest BCUT2D eigenvalue weighted by Crippen LogP contribution is 2.58. The van der Waals surface area contributed by atoms with Gasteiger partial charge in [-0.3, -0.25) is 13.9 Å². The fraction of sp³-hybridized carbons (Fsp3) is 0.533. The van der Waals surface area contributed by atoms with E-state index in [1.165, 1.54) is 11.4 Å². The van der Waals surface area contributed by atoms with E-state index in [0.29, 0.717) is 12.4 Å². The molecule has 5 nitrogen and oxygen atoms in total. The van der Waals surface area contributed by atoms with E-state index in [4.69, 9.17) is 16.7 Å². The summed E-state index contributed by atoms with van der Waals surface area (Å²) in [6.07, 6.45) is 0.889. The molecule has 3 unspecified atom stereocenters. The maximum atomic E-state index is 12.8. The first kappa shape index (κ1) is 21.6. The van der Waals surface area contributed by atoms with E-state index in [-0.39, 0.29) is 10.4 Å². The molecule has 0 heterocycles. The van der Waals surface area contributed by atoms with E-state index >= 15 is 0 Å². The highest BCUT2D eigenvalue weighted by Gasteiger charge is 2.27. The van der Waals surface area contributed by atoms with Gasteiger partial charge < -0.3 is 9.84 Å². The van der Waals surface area contributed by atoms with Gasteiger partial charge in [0.2, 0.25) is 0 Å². The molecule has 0 saturated heterocycles. The van der Waals surface area contributed by atoms with Crippen molar-refractivity contribution in [2.75, 3.05) is 17.7 Å². The van der Waals surface area contributed by atoms with Gasteiger partial charge in [-0.25, -0.2) is 0 Å². The first-order chi connectivity index (χ1) is 11.3. The smallest absolute Gasteiger partial charge is 0.332 e. The zero-order chi connectivity index (χ0) is 18.2. The predicted molar refractivity (Wildman–Crippen MR) is 109 cm³/mol. The van der Waals surface area contributed by atoms with Crippen LogP contribution in [0, 0.1) is 0 Å². The van der Waals surface area contributed by atoms with Crippen molar-refractivity contribution < 1.29 is 13.3 Å². The van der Waals surface area contributed by atoms with Gasteiger partial charge in [-0.05, 0) is 61.2 Å². The van der Waals surface area contributed by atoms with E-state index in [0.717, 1.165) is 17.0 Å². The molecule has 9 heteroatoms. The lowest BCUT2D eigenvalue weighted by Gasteiger charge is -2.22. The van der Waals surface area contributed by atoms with Gasteiger partial charge >= 0.3 is 6.72 Å². The summed E-state index contributed by atoms with van der Waals surface area (Å²) >= 11 is 6.52. The van der Waals surface area contributed by atoms with Crippen LogP contribution in [-0.4, -0.2) is 26.9 Å². The second-order valence-corrected chi connectivity index (χ2v) is 11.7. The summed E-state index contributed by atoms with van der Waals surface area (Å²) in [5, 5.41) is 6.24. The fourth-order valence-corrected chi connectivity index (χ4v) is 7.38. The SMILES string of the molecule is CCOP(=O)(NC(=S)Nc1ccc(S(=O)CC)cc1)SC(C)CC. The Hall–Kier alpha value is -0.400. The van der Waals surface area contributed by atoms with Gasteiger partial charge in [0, 0.05) is 21.6 Å². The van der Waals surface area contributed by atoms with Gasteiger partial charge in [0.1, 0.15) is 0 Å². The number of thiocarbonyl (C=S) groups is 1. The molecule has 0 bridgehead atoms. The third-order valence-electron chi connectivity index (χ3n) is 3.07. The van der Waals surface area contributed by atoms with Gasteiger partial charge in [0.05, 0.1) is 17.4 Å². The zero-order valence-electron chi connectivity index (χ0n) is 14.4. The second-order valence-electron chi connectivity index (χ2n) is 4.96. The van der Waals surface area contributed by atoms with Crippen molar-refractivity contribution in [3.05, 3.63) is 24.3 Å². The minimum absolute atomic E-state index is 0.195. The molecule has 0 fully saturated rings. The van der Waals surface area contributed by atoms with E-state index in [9.17, 15) is 8.77 Å². The molecule has 0 aliphatic heterocycles. The molecule has 2 N–H and O–H groups in total. The van der Waals surface area contributed by atoms with Crippen molar-refractivity contribution in [2.45, 2.75) is 44.3 Å². The molecular formula is C15H25N2O3PS3. The summed E-state index contributed by atoms with van der Waals surface area (Å²) in [7, 11) is -0.982. The number of hydrogen-bond acceptors (Lipinski definition) is 5. The molecule has 0 amide bonds. The molecular weight excluding hydrogens is 383 g/mol. The summed E-state index contributed by atoms with van der Waals surface area (Å²) in [5.41, 5.74) is 0.737. The van der Waals surface area contributed by atoms with Crippen molar-refractivity contribution in [1.82, 2.24) is 5.09 Å². The van der Waals surface area contributed by atoms with E-state index < -0.39 is 17.5 Å². The van der Waals surface area contributed by atoms with Gasteiger partial charge in [-0.2, -0.15) is 0 Å². The van der Waals surface area contributed by atoms with Crippen LogP contribution in [0.3, 0.4) is 0 Å². The van der Waals surface area contributed by atoms with Crippen molar-refractivity contribution in [3.8, 4) is 0 Å². The molecule has 0 aromatic heterocycles. The molecule has 1 aromatic carbocycles. The van der Waals surface area contributed by atoms with E-state index in [2.05, 4.69) is 10.4 Å². The monoisotopic (exact) mass is 408 g/mol. The van der Waals surface area contributed by atoms with Crippen LogP contribution in [0.2, 0.25) is 0 Å². The van der Waals surface area contributed by atoms with Gasteiger partial charge in [0.15, 0.2) is 5.11 Å². The van der Waals surface area contributed by atoms with Crippen LogP contribution in [0.4, 0.5) is 5.69 Å². The molecule has 1 aromatic rings. The Morgan fingerprint density at radius 3 is 2.46 bits per heavy atom. The number of benzene rings is 1. The van der Waals surface area contributed by atoms with E-state index in [1.54, 1.807) is 31.2 Å². The standard InChI is InChI=1S/C15H25N2O3PS3/c1-5-12(4)23-21(18,20-6-2)17-15(22)16-13-8-10-14(11-9-13)24(19)7-3/h8-12H,5-7H2,1-4H3,(H2,16,17,18,22). The number of hydrogen-bond donors (Lipinski definition) is 2. The third kappa shape index (κ3) is 7.23. The molecule has 1 rings (SSSR count). The Balaban J connectivity index is 2.72. The lowest BCUT2D eigenvalue weighted by atomic mass is 10.3. The Morgan fingerprint density at radius 2 is 1.96 bits per heavy atom. The molecule has 136 valence electrons. The average Bonchev–Trinajstić information content (AvgIpc) is 2.54. The highest BCUT2D eigenvalue weighted by molar-refractivity contribution is 8.56. The topological polar surface area (TPSA) is 67.4 Å². The van der Waals surface area contributed by atoms with Gasteiger partial charge in [-0.1, -0.05) is 20.8 Å². The molecule has 0 aliphatic carbocycles. The lowest BCUT2D eigenvalue weighted by Crippen LogP contribution is -2.26. The van der Waals surface area contributed by atoms with Crippen LogP contribution in [-0.2, 0) is 19.9 Å². The number of anilines is 1. The first-order valence-electron chi connectivity index (χ1n) is 7.84. The molecule has 0 aliphatic rings. The maximum Gasteiger partial charge on any atom is 0.353 e. The normalized spacial score (nSPS) is 16.0. The van der Waals surface area contributed by atoms with Crippen LogP contribution in [0.5, 0.6) is 0 Å². The molecule has 0 spiro atoms. The minimum Gasteiger partial charge on any atom is -0.332 e. The summed E-state index contributed by atoms with van der Waals surface area (Å²) in [5.74, 6) is 0.580. The lowest BCUT2D eigenvalue weighted by molar-refractivity contribution is 0.343. The summed E-state index contributed by atoms with van der Waals surface area (Å²) in [6, 6.07) is 7.18.